The number of aromatic nitrogens is 2. The van der Waals surface area contributed by atoms with Gasteiger partial charge in [0.15, 0.2) is 0 Å². The lowest BCUT2D eigenvalue weighted by atomic mass is 9.89. The summed E-state index contributed by atoms with van der Waals surface area (Å²) < 4.78 is 1.89. The van der Waals surface area contributed by atoms with E-state index in [2.05, 4.69) is 4.98 Å². The molecule has 3 aromatic rings. The SMILES string of the molecule is Cn1cnc2cc(C(=O)N3C[C@@H](C(=O)O)[C@H](c4ccccc4)C3)ccc21. The minimum atomic E-state index is -0.866. The fourth-order valence-electron chi connectivity index (χ4n) is 3.71. The molecule has 0 unspecified atom stereocenters. The van der Waals surface area contributed by atoms with Crippen LogP contribution in [0.4, 0.5) is 0 Å². The molecule has 26 heavy (non-hydrogen) atoms. The number of rotatable bonds is 3. The van der Waals surface area contributed by atoms with Gasteiger partial charge in [0.05, 0.1) is 23.3 Å². The van der Waals surface area contributed by atoms with Gasteiger partial charge in [0.2, 0.25) is 0 Å². The summed E-state index contributed by atoms with van der Waals surface area (Å²) in [7, 11) is 1.90. The number of aliphatic carboxylic acids is 1. The molecule has 0 saturated carbocycles. The highest BCUT2D eigenvalue weighted by molar-refractivity contribution is 5.98. The van der Waals surface area contributed by atoms with Gasteiger partial charge in [0.1, 0.15) is 0 Å². The normalized spacial score (nSPS) is 19.8. The molecule has 1 aromatic heterocycles. The third-order valence-electron chi connectivity index (χ3n) is 5.12. The second kappa shape index (κ2) is 6.29. The molecule has 1 amide bonds. The third kappa shape index (κ3) is 2.73. The van der Waals surface area contributed by atoms with E-state index >= 15 is 0 Å². The number of benzene rings is 2. The molecular weight excluding hydrogens is 330 g/mol. The molecule has 0 bridgehead atoms. The topological polar surface area (TPSA) is 75.4 Å². The zero-order valence-corrected chi connectivity index (χ0v) is 14.4. The summed E-state index contributed by atoms with van der Waals surface area (Å²) in [5.41, 5.74) is 3.20. The van der Waals surface area contributed by atoms with Gasteiger partial charge in [-0.3, -0.25) is 9.59 Å². The zero-order valence-electron chi connectivity index (χ0n) is 14.4. The first-order valence-corrected chi connectivity index (χ1v) is 8.52. The molecule has 1 saturated heterocycles. The molecule has 1 fully saturated rings. The van der Waals surface area contributed by atoms with Gasteiger partial charge < -0.3 is 14.6 Å². The van der Waals surface area contributed by atoms with Crippen LogP contribution in [-0.2, 0) is 11.8 Å². The Morgan fingerprint density at radius 3 is 2.62 bits per heavy atom. The lowest BCUT2D eigenvalue weighted by molar-refractivity contribution is -0.141. The van der Waals surface area contributed by atoms with Gasteiger partial charge in [-0.05, 0) is 23.8 Å². The number of nitrogens with zero attached hydrogens (tertiary/aromatic N) is 3. The van der Waals surface area contributed by atoms with Crippen molar-refractivity contribution in [1.82, 2.24) is 14.5 Å². The van der Waals surface area contributed by atoms with Crippen LogP contribution in [0.15, 0.2) is 54.9 Å². The number of fused-ring (bicyclic) bond motifs is 1. The van der Waals surface area contributed by atoms with Gasteiger partial charge >= 0.3 is 5.97 Å². The Bertz CT molecular complexity index is 980. The first kappa shape index (κ1) is 16.3. The highest BCUT2D eigenvalue weighted by Gasteiger charge is 2.40. The third-order valence-corrected chi connectivity index (χ3v) is 5.12. The quantitative estimate of drug-likeness (QED) is 0.788. The Morgan fingerprint density at radius 2 is 1.88 bits per heavy atom. The van der Waals surface area contributed by atoms with Crippen molar-refractivity contribution in [3.63, 3.8) is 0 Å². The molecule has 6 nitrogen and oxygen atoms in total. The van der Waals surface area contributed by atoms with E-state index in [1.807, 2.05) is 48.0 Å². The lowest BCUT2D eigenvalue weighted by Gasteiger charge is -2.16. The van der Waals surface area contributed by atoms with Crippen molar-refractivity contribution in [1.29, 1.82) is 0 Å². The summed E-state index contributed by atoms with van der Waals surface area (Å²) in [6, 6.07) is 15.0. The summed E-state index contributed by atoms with van der Waals surface area (Å²) >= 11 is 0. The summed E-state index contributed by atoms with van der Waals surface area (Å²) in [4.78, 5) is 30.6. The maximum absolute atomic E-state index is 12.9. The summed E-state index contributed by atoms with van der Waals surface area (Å²) in [6.07, 6.45) is 1.71. The van der Waals surface area contributed by atoms with Crippen molar-refractivity contribution < 1.29 is 14.7 Å². The summed E-state index contributed by atoms with van der Waals surface area (Å²) in [5.74, 6) is -1.81. The molecule has 1 N–H and O–H groups in total. The highest BCUT2D eigenvalue weighted by atomic mass is 16.4. The van der Waals surface area contributed by atoms with E-state index < -0.39 is 11.9 Å². The molecule has 0 spiro atoms. The first-order chi connectivity index (χ1) is 12.5. The molecule has 2 aromatic carbocycles. The maximum Gasteiger partial charge on any atom is 0.308 e. The Balaban J connectivity index is 1.62. The van der Waals surface area contributed by atoms with Gasteiger partial charge in [0, 0.05) is 31.6 Å². The second-order valence-corrected chi connectivity index (χ2v) is 6.73. The van der Waals surface area contributed by atoms with E-state index in [-0.39, 0.29) is 18.4 Å². The van der Waals surface area contributed by atoms with Crippen molar-refractivity contribution in [2.75, 3.05) is 13.1 Å². The molecule has 4 rings (SSSR count). The van der Waals surface area contributed by atoms with Gasteiger partial charge in [-0.15, -0.1) is 0 Å². The molecule has 2 heterocycles. The van der Waals surface area contributed by atoms with E-state index in [0.29, 0.717) is 12.1 Å². The first-order valence-electron chi connectivity index (χ1n) is 8.52. The van der Waals surface area contributed by atoms with Crippen molar-refractivity contribution in [3.05, 3.63) is 66.0 Å². The van der Waals surface area contributed by atoms with Crippen LogP contribution in [0.5, 0.6) is 0 Å². The average Bonchev–Trinajstić information content (AvgIpc) is 3.26. The predicted octanol–water partition coefficient (Wildman–Crippen LogP) is 2.51. The standard InChI is InChI=1S/C20H19N3O3/c1-22-12-21-17-9-14(7-8-18(17)22)19(24)23-10-15(16(11-23)20(25)26)13-5-3-2-4-6-13/h2-9,12,15-16H,10-11H2,1H3,(H,25,26)/t15-,16+/m0/s1. The van der Waals surface area contributed by atoms with Crippen LogP contribution in [0, 0.1) is 5.92 Å². The van der Waals surface area contributed by atoms with Gasteiger partial charge in [-0.25, -0.2) is 4.98 Å². The number of carbonyl (C=O) groups is 2. The van der Waals surface area contributed by atoms with Crippen LogP contribution in [0.1, 0.15) is 21.8 Å². The average molecular weight is 349 g/mol. The number of aryl methyl sites for hydroxylation is 1. The van der Waals surface area contributed by atoms with Crippen LogP contribution in [0.25, 0.3) is 11.0 Å². The number of carboxylic acid groups (broad SMARTS) is 1. The van der Waals surface area contributed by atoms with Gasteiger partial charge in [0.25, 0.3) is 5.91 Å². The van der Waals surface area contributed by atoms with Crippen molar-refractivity contribution in [2.45, 2.75) is 5.92 Å². The van der Waals surface area contributed by atoms with E-state index in [9.17, 15) is 14.7 Å². The van der Waals surface area contributed by atoms with Gasteiger partial charge in [-0.1, -0.05) is 30.3 Å². The molecule has 132 valence electrons. The lowest BCUT2D eigenvalue weighted by Crippen LogP contribution is -2.29. The number of carboxylic acids is 1. The fourth-order valence-corrected chi connectivity index (χ4v) is 3.71. The summed E-state index contributed by atoms with van der Waals surface area (Å²) in [5, 5.41) is 9.61. The maximum atomic E-state index is 12.9. The highest BCUT2D eigenvalue weighted by Crippen LogP contribution is 2.33. The minimum Gasteiger partial charge on any atom is -0.481 e. The van der Waals surface area contributed by atoms with Crippen LogP contribution in [0.3, 0.4) is 0 Å². The number of imidazole rings is 1. The number of amides is 1. The van der Waals surface area contributed by atoms with Crippen LogP contribution >= 0.6 is 0 Å². The van der Waals surface area contributed by atoms with E-state index in [1.165, 1.54) is 0 Å². The molecule has 1 aliphatic heterocycles. The smallest absolute Gasteiger partial charge is 0.308 e. The van der Waals surface area contributed by atoms with Crippen LogP contribution in [-0.4, -0.2) is 44.5 Å². The molecule has 6 heteroatoms. The summed E-state index contributed by atoms with van der Waals surface area (Å²) in [6.45, 7) is 0.619. The molecule has 0 radical (unpaired) electrons. The number of hydrogen-bond acceptors (Lipinski definition) is 3. The van der Waals surface area contributed by atoms with Crippen molar-refractivity contribution in [3.8, 4) is 0 Å². The van der Waals surface area contributed by atoms with Crippen LogP contribution < -0.4 is 0 Å². The molecular formula is C20H19N3O3. The molecule has 0 aliphatic carbocycles. The second-order valence-electron chi connectivity index (χ2n) is 6.73. The monoisotopic (exact) mass is 349 g/mol. The van der Waals surface area contributed by atoms with Crippen LogP contribution in [0.2, 0.25) is 0 Å². The number of likely N-dealkylation sites (tertiary alicyclic amines) is 1. The van der Waals surface area contributed by atoms with E-state index in [0.717, 1.165) is 16.6 Å². The van der Waals surface area contributed by atoms with E-state index in [4.69, 9.17) is 0 Å². The van der Waals surface area contributed by atoms with Crippen molar-refractivity contribution >= 4 is 22.9 Å². The van der Waals surface area contributed by atoms with E-state index in [1.54, 1.807) is 23.4 Å². The molecule has 1 aliphatic rings. The number of carbonyl (C=O) groups excluding carboxylic acids is 1. The predicted molar refractivity (Wildman–Crippen MR) is 96.9 cm³/mol. The number of hydrogen-bond donors (Lipinski definition) is 1. The van der Waals surface area contributed by atoms with Gasteiger partial charge in [-0.2, -0.15) is 0 Å². The molecule has 2 atom stereocenters. The Labute approximate surface area is 150 Å². The van der Waals surface area contributed by atoms with Crippen molar-refractivity contribution in [2.24, 2.45) is 13.0 Å². The Morgan fingerprint density at radius 1 is 1.12 bits per heavy atom. The Kier molecular flexibility index (Phi) is 3.95. The Hall–Kier alpha value is -3.15. The largest absolute Gasteiger partial charge is 0.481 e. The minimum absolute atomic E-state index is 0.151. The fraction of sp³-hybridized carbons (Fsp3) is 0.250. The zero-order chi connectivity index (χ0) is 18.3.